The maximum absolute atomic E-state index is 5.92. The smallest absolute Gasteiger partial charge is 0.121 e. The van der Waals surface area contributed by atoms with Gasteiger partial charge in [0.1, 0.15) is 5.75 Å². The molecule has 0 amide bonds. The number of nitrogens with zero attached hydrogens (tertiary/aromatic N) is 3. The van der Waals surface area contributed by atoms with Gasteiger partial charge in [-0.3, -0.25) is 9.97 Å². The Hall–Kier alpha value is -3.14. The summed E-state index contributed by atoms with van der Waals surface area (Å²) in [6.07, 6.45) is 8.13. The summed E-state index contributed by atoms with van der Waals surface area (Å²) in [4.78, 5) is 11.2. The lowest BCUT2D eigenvalue weighted by atomic mass is 10.0. The van der Waals surface area contributed by atoms with Gasteiger partial charge in [-0.25, -0.2) is 0 Å². The SMILES string of the molecule is CN(C)c1cccc(OCCCCCc2ccnc3c2ccc2cccnc23)c1. The number of fused-ring (bicyclic) bond motifs is 3. The molecule has 4 aromatic rings. The summed E-state index contributed by atoms with van der Waals surface area (Å²) >= 11 is 0. The molecular formula is C25H27N3O. The second-order valence-corrected chi connectivity index (χ2v) is 7.56. The highest BCUT2D eigenvalue weighted by atomic mass is 16.5. The highest BCUT2D eigenvalue weighted by Gasteiger charge is 2.07. The molecule has 2 aromatic carbocycles. The molecule has 0 bridgehead atoms. The first-order chi connectivity index (χ1) is 14.2. The number of ether oxygens (including phenoxy) is 1. The molecule has 148 valence electrons. The Bertz CT molecular complexity index is 1110. The van der Waals surface area contributed by atoms with Crippen LogP contribution >= 0.6 is 0 Å². The Morgan fingerprint density at radius 2 is 1.72 bits per heavy atom. The van der Waals surface area contributed by atoms with Crippen LogP contribution in [-0.4, -0.2) is 30.7 Å². The lowest BCUT2D eigenvalue weighted by Crippen LogP contribution is -2.08. The second-order valence-electron chi connectivity index (χ2n) is 7.56. The number of rotatable bonds is 8. The number of hydrogen-bond acceptors (Lipinski definition) is 4. The topological polar surface area (TPSA) is 38.2 Å². The van der Waals surface area contributed by atoms with Gasteiger partial charge in [0.25, 0.3) is 0 Å². The predicted octanol–water partition coefficient (Wildman–Crippen LogP) is 5.64. The summed E-state index contributed by atoms with van der Waals surface area (Å²) in [5, 5.41) is 2.36. The standard InChI is InChI=1S/C25H27N3O/c1-28(2)21-10-6-11-22(18-21)29-17-5-3-4-8-19-14-16-27-25-23(19)13-12-20-9-7-15-26-24(20)25/h6-7,9-16,18H,3-5,8,17H2,1-2H3. The van der Waals surface area contributed by atoms with Gasteiger partial charge in [0.05, 0.1) is 17.6 Å². The van der Waals surface area contributed by atoms with Crippen molar-refractivity contribution in [1.82, 2.24) is 9.97 Å². The molecule has 0 saturated carbocycles. The van der Waals surface area contributed by atoms with Crippen LogP contribution in [0.2, 0.25) is 0 Å². The van der Waals surface area contributed by atoms with Crippen LogP contribution in [0.15, 0.2) is 67.0 Å². The van der Waals surface area contributed by atoms with Gasteiger partial charge in [0.2, 0.25) is 0 Å². The third-order valence-electron chi connectivity index (χ3n) is 5.27. The van der Waals surface area contributed by atoms with Crippen LogP contribution < -0.4 is 9.64 Å². The number of aromatic nitrogens is 2. The number of benzene rings is 2. The third kappa shape index (κ3) is 4.48. The van der Waals surface area contributed by atoms with Crippen molar-refractivity contribution in [1.29, 1.82) is 0 Å². The Labute approximate surface area is 172 Å². The van der Waals surface area contributed by atoms with Crippen molar-refractivity contribution in [3.05, 3.63) is 72.6 Å². The molecule has 4 rings (SSSR count). The molecule has 0 spiro atoms. The lowest BCUT2D eigenvalue weighted by molar-refractivity contribution is 0.305. The summed E-state index contributed by atoms with van der Waals surface area (Å²) in [5.74, 6) is 0.940. The molecule has 2 heterocycles. The van der Waals surface area contributed by atoms with Gasteiger partial charge >= 0.3 is 0 Å². The fourth-order valence-corrected chi connectivity index (χ4v) is 3.66. The van der Waals surface area contributed by atoms with E-state index in [1.165, 1.54) is 10.9 Å². The molecule has 0 atom stereocenters. The quantitative estimate of drug-likeness (QED) is 0.291. The number of aryl methyl sites for hydroxylation is 1. The zero-order valence-corrected chi connectivity index (χ0v) is 17.1. The van der Waals surface area contributed by atoms with Gasteiger partial charge in [0, 0.05) is 49.0 Å². The van der Waals surface area contributed by atoms with E-state index in [9.17, 15) is 0 Å². The van der Waals surface area contributed by atoms with E-state index in [-0.39, 0.29) is 0 Å². The van der Waals surface area contributed by atoms with Gasteiger partial charge in [-0.1, -0.05) is 24.3 Å². The highest BCUT2D eigenvalue weighted by Crippen LogP contribution is 2.25. The average molecular weight is 386 g/mol. The predicted molar refractivity (Wildman–Crippen MR) is 121 cm³/mol. The first-order valence-corrected chi connectivity index (χ1v) is 10.2. The van der Waals surface area contributed by atoms with Crippen molar-refractivity contribution in [2.24, 2.45) is 0 Å². The first kappa shape index (κ1) is 19.2. The molecule has 0 saturated heterocycles. The number of hydrogen-bond donors (Lipinski definition) is 0. The van der Waals surface area contributed by atoms with E-state index in [1.807, 2.05) is 44.7 Å². The number of anilines is 1. The Kier molecular flexibility index (Phi) is 5.89. The fraction of sp³-hybridized carbons (Fsp3) is 0.280. The van der Waals surface area contributed by atoms with E-state index in [4.69, 9.17) is 4.74 Å². The minimum atomic E-state index is 0.753. The van der Waals surface area contributed by atoms with E-state index in [2.05, 4.69) is 51.3 Å². The minimum Gasteiger partial charge on any atom is -0.494 e. The number of pyridine rings is 2. The van der Waals surface area contributed by atoms with Crippen molar-refractivity contribution in [3.8, 4) is 5.75 Å². The average Bonchev–Trinajstić information content (AvgIpc) is 2.76. The second kappa shape index (κ2) is 8.91. The van der Waals surface area contributed by atoms with Crippen molar-refractivity contribution >= 4 is 27.5 Å². The first-order valence-electron chi connectivity index (χ1n) is 10.2. The van der Waals surface area contributed by atoms with E-state index < -0.39 is 0 Å². The summed E-state index contributed by atoms with van der Waals surface area (Å²) in [7, 11) is 4.08. The normalized spacial score (nSPS) is 11.1. The van der Waals surface area contributed by atoms with Crippen LogP contribution in [0, 0.1) is 0 Å². The molecule has 0 aliphatic rings. The molecule has 0 aliphatic heterocycles. The van der Waals surface area contributed by atoms with E-state index in [0.717, 1.165) is 60.1 Å². The zero-order valence-electron chi connectivity index (χ0n) is 17.1. The van der Waals surface area contributed by atoms with E-state index in [0.29, 0.717) is 0 Å². The molecule has 0 N–H and O–H groups in total. The minimum absolute atomic E-state index is 0.753. The van der Waals surface area contributed by atoms with Crippen LogP contribution in [0.25, 0.3) is 21.8 Å². The molecule has 0 aliphatic carbocycles. The summed E-state index contributed by atoms with van der Waals surface area (Å²) in [6.45, 7) is 0.753. The van der Waals surface area contributed by atoms with Gasteiger partial charge < -0.3 is 9.64 Å². The van der Waals surface area contributed by atoms with Crippen molar-refractivity contribution in [2.45, 2.75) is 25.7 Å². The lowest BCUT2D eigenvalue weighted by Gasteiger charge is -2.14. The van der Waals surface area contributed by atoms with Gasteiger partial charge in [-0.05, 0) is 55.5 Å². The zero-order chi connectivity index (χ0) is 20.1. The van der Waals surface area contributed by atoms with Gasteiger partial charge in [0.15, 0.2) is 0 Å². The molecule has 2 aromatic heterocycles. The molecule has 0 fully saturated rings. The monoisotopic (exact) mass is 385 g/mol. The largest absolute Gasteiger partial charge is 0.494 e. The Balaban J connectivity index is 1.31. The molecular weight excluding hydrogens is 358 g/mol. The van der Waals surface area contributed by atoms with Gasteiger partial charge in [-0.15, -0.1) is 0 Å². The van der Waals surface area contributed by atoms with Crippen molar-refractivity contribution in [3.63, 3.8) is 0 Å². The maximum atomic E-state index is 5.92. The highest BCUT2D eigenvalue weighted by molar-refractivity contribution is 6.03. The Morgan fingerprint density at radius 3 is 2.62 bits per heavy atom. The van der Waals surface area contributed by atoms with Crippen molar-refractivity contribution in [2.75, 3.05) is 25.6 Å². The molecule has 4 nitrogen and oxygen atoms in total. The summed E-state index contributed by atoms with van der Waals surface area (Å²) in [5.41, 5.74) is 4.50. The number of unbranched alkanes of at least 4 members (excludes halogenated alkanes) is 2. The molecule has 0 radical (unpaired) electrons. The summed E-state index contributed by atoms with van der Waals surface area (Å²) < 4.78 is 5.92. The van der Waals surface area contributed by atoms with Crippen LogP contribution in [0.1, 0.15) is 24.8 Å². The molecule has 29 heavy (non-hydrogen) atoms. The maximum Gasteiger partial charge on any atom is 0.121 e. The molecule has 0 unspecified atom stereocenters. The summed E-state index contributed by atoms with van der Waals surface area (Å²) in [6, 6.07) is 18.8. The van der Waals surface area contributed by atoms with Gasteiger partial charge in [-0.2, -0.15) is 0 Å². The van der Waals surface area contributed by atoms with E-state index in [1.54, 1.807) is 0 Å². The molecule has 4 heteroatoms. The van der Waals surface area contributed by atoms with Crippen LogP contribution in [0.4, 0.5) is 5.69 Å². The van der Waals surface area contributed by atoms with E-state index >= 15 is 0 Å². The van der Waals surface area contributed by atoms with Crippen LogP contribution in [0.5, 0.6) is 5.75 Å². The fourth-order valence-electron chi connectivity index (χ4n) is 3.66. The van der Waals surface area contributed by atoms with Crippen LogP contribution in [0.3, 0.4) is 0 Å². The Morgan fingerprint density at radius 1 is 0.828 bits per heavy atom. The van der Waals surface area contributed by atoms with Crippen LogP contribution in [-0.2, 0) is 6.42 Å². The van der Waals surface area contributed by atoms with Crippen molar-refractivity contribution < 1.29 is 4.74 Å². The third-order valence-corrected chi connectivity index (χ3v) is 5.27.